The van der Waals surface area contributed by atoms with Gasteiger partial charge in [0.05, 0.1) is 0 Å². The van der Waals surface area contributed by atoms with Crippen LogP contribution in [-0.2, 0) is 11.3 Å². The summed E-state index contributed by atoms with van der Waals surface area (Å²) in [6.07, 6.45) is 1.01. The number of hydrogen-bond acceptors (Lipinski definition) is 4. The summed E-state index contributed by atoms with van der Waals surface area (Å²) in [5.41, 5.74) is 1.02. The lowest BCUT2D eigenvalue weighted by atomic mass is 10.1. The molecule has 0 aliphatic rings. The third-order valence-corrected chi connectivity index (χ3v) is 2.73. The predicted molar refractivity (Wildman–Crippen MR) is 83.4 cm³/mol. The van der Waals surface area contributed by atoms with Gasteiger partial charge in [-0.25, -0.2) is 9.78 Å². The van der Waals surface area contributed by atoms with Gasteiger partial charge in [0, 0.05) is 24.4 Å². The fourth-order valence-electron chi connectivity index (χ4n) is 1.79. The van der Waals surface area contributed by atoms with Gasteiger partial charge < -0.3 is 15.0 Å². The Balaban J connectivity index is 1.98. The summed E-state index contributed by atoms with van der Waals surface area (Å²) in [4.78, 5) is 29.6. The molecule has 2 N–H and O–H groups in total. The second kappa shape index (κ2) is 6.43. The van der Waals surface area contributed by atoms with E-state index >= 15 is 0 Å². The van der Waals surface area contributed by atoms with E-state index in [2.05, 4.69) is 15.3 Å². The number of nitrogens with zero attached hydrogens (tertiary/aromatic N) is 1. The molecule has 0 bridgehead atoms. The number of nitrogens with one attached hydrogen (secondary N) is 2. The summed E-state index contributed by atoms with van der Waals surface area (Å²) in [6.45, 7) is 5.81. The van der Waals surface area contributed by atoms with Gasteiger partial charge in [0.25, 0.3) is 5.56 Å². The van der Waals surface area contributed by atoms with Crippen LogP contribution < -0.4 is 10.9 Å². The van der Waals surface area contributed by atoms with E-state index in [9.17, 15) is 9.59 Å². The molecule has 1 aromatic carbocycles. The molecule has 6 nitrogen and oxygen atoms in total. The molecule has 1 amide bonds. The highest BCUT2D eigenvalue weighted by atomic mass is 16.6. The Morgan fingerprint density at radius 2 is 1.91 bits per heavy atom. The summed E-state index contributed by atoms with van der Waals surface area (Å²) in [6, 6.07) is 8.76. The molecule has 2 aromatic rings. The van der Waals surface area contributed by atoms with Crippen LogP contribution in [0.2, 0.25) is 0 Å². The number of benzene rings is 1. The third kappa shape index (κ3) is 4.73. The van der Waals surface area contributed by atoms with Gasteiger partial charge in [0.1, 0.15) is 11.4 Å². The number of carbonyl (C=O) groups excluding carboxylic acids is 1. The zero-order valence-electron chi connectivity index (χ0n) is 12.8. The molecule has 0 unspecified atom stereocenters. The Hall–Kier alpha value is -2.63. The van der Waals surface area contributed by atoms with Gasteiger partial charge in [-0.05, 0) is 26.3 Å². The molecule has 22 heavy (non-hydrogen) atoms. The summed E-state index contributed by atoms with van der Waals surface area (Å²) >= 11 is 0. The average molecular weight is 301 g/mol. The number of alkyl carbamates (subject to hydrolysis) is 1. The van der Waals surface area contributed by atoms with Crippen LogP contribution in [0.3, 0.4) is 0 Å². The van der Waals surface area contributed by atoms with Gasteiger partial charge in [0.15, 0.2) is 0 Å². The molecule has 1 aromatic heterocycles. The molecule has 0 radical (unpaired) electrons. The van der Waals surface area contributed by atoms with E-state index in [4.69, 9.17) is 4.74 Å². The molecule has 0 aliphatic heterocycles. The highest BCUT2D eigenvalue weighted by molar-refractivity contribution is 5.67. The van der Waals surface area contributed by atoms with Crippen LogP contribution in [0.25, 0.3) is 11.4 Å². The van der Waals surface area contributed by atoms with Crippen molar-refractivity contribution in [3.05, 3.63) is 52.4 Å². The minimum absolute atomic E-state index is 0.194. The zero-order chi connectivity index (χ0) is 16.2. The van der Waals surface area contributed by atoms with E-state index < -0.39 is 11.7 Å². The molecule has 1 heterocycles. The van der Waals surface area contributed by atoms with E-state index in [1.54, 1.807) is 0 Å². The second-order valence-electron chi connectivity index (χ2n) is 5.84. The lowest BCUT2D eigenvalue weighted by Crippen LogP contribution is -2.32. The smallest absolute Gasteiger partial charge is 0.407 e. The van der Waals surface area contributed by atoms with Crippen molar-refractivity contribution in [2.24, 2.45) is 0 Å². The maximum absolute atomic E-state index is 11.6. The number of aromatic nitrogens is 2. The number of H-pyrrole nitrogens is 1. The van der Waals surface area contributed by atoms with Crippen molar-refractivity contribution in [1.29, 1.82) is 0 Å². The van der Waals surface area contributed by atoms with Gasteiger partial charge >= 0.3 is 6.09 Å². The first-order valence-corrected chi connectivity index (χ1v) is 6.95. The number of amides is 1. The van der Waals surface area contributed by atoms with Crippen LogP contribution in [0.15, 0.2) is 41.3 Å². The minimum atomic E-state index is -0.515. The SMILES string of the molecule is CC(C)(C)OC(=O)NCc1ccc(-c2nccc(=O)[nH]2)cc1. The monoisotopic (exact) mass is 301 g/mol. The first kappa shape index (κ1) is 15.8. The number of rotatable bonds is 3. The molecule has 0 fully saturated rings. The molecule has 0 saturated heterocycles. The van der Waals surface area contributed by atoms with E-state index in [0.29, 0.717) is 12.4 Å². The van der Waals surface area contributed by atoms with Crippen LogP contribution in [0.5, 0.6) is 0 Å². The summed E-state index contributed by atoms with van der Waals surface area (Å²) in [5, 5.41) is 2.69. The molecule has 0 saturated carbocycles. The van der Waals surface area contributed by atoms with Crippen molar-refractivity contribution in [2.75, 3.05) is 0 Å². The van der Waals surface area contributed by atoms with Gasteiger partial charge in [-0.1, -0.05) is 24.3 Å². The van der Waals surface area contributed by atoms with E-state index in [0.717, 1.165) is 11.1 Å². The van der Waals surface area contributed by atoms with E-state index in [1.807, 2.05) is 45.0 Å². The Morgan fingerprint density at radius 3 is 2.50 bits per heavy atom. The molecule has 0 atom stereocenters. The third-order valence-electron chi connectivity index (χ3n) is 2.73. The van der Waals surface area contributed by atoms with Gasteiger partial charge in [-0.15, -0.1) is 0 Å². The van der Waals surface area contributed by atoms with Gasteiger partial charge in [0.2, 0.25) is 0 Å². The molecule has 116 valence electrons. The minimum Gasteiger partial charge on any atom is -0.444 e. The van der Waals surface area contributed by atoms with E-state index in [1.165, 1.54) is 12.3 Å². The maximum Gasteiger partial charge on any atom is 0.407 e. The Morgan fingerprint density at radius 1 is 1.23 bits per heavy atom. The van der Waals surface area contributed by atoms with Crippen molar-refractivity contribution in [1.82, 2.24) is 15.3 Å². The fraction of sp³-hybridized carbons (Fsp3) is 0.312. The van der Waals surface area contributed by atoms with Crippen molar-refractivity contribution in [3.63, 3.8) is 0 Å². The standard InChI is InChI=1S/C16H19N3O3/c1-16(2,3)22-15(21)18-10-11-4-6-12(7-5-11)14-17-9-8-13(20)19-14/h4-9H,10H2,1-3H3,(H,18,21)(H,17,19,20). The summed E-state index contributed by atoms with van der Waals surface area (Å²) in [7, 11) is 0. The molecule has 0 aliphatic carbocycles. The van der Waals surface area contributed by atoms with Crippen LogP contribution in [0, 0.1) is 0 Å². The highest BCUT2D eigenvalue weighted by Gasteiger charge is 2.15. The maximum atomic E-state index is 11.6. The summed E-state index contributed by atoms with van der Waals surface area (Å²) < 4.78 is 5.17. The first-order valence-electron chi connectivity index (χ1n) is 6.95. The van der Waals surface area contributed by atoms with Crippen molar-refractivity contribution >= 4 is 6.09 Å². The summed E-state index contributed by atoms with van der Waals surface area (Å²) in [5.74, 6) is 0.513. The van der Waals surface area contributed by atoms with Crippen LogP contribution in [0.4, 0.5) is 4.79 Å². The van der Waals surface area contributed by atoms with Crippen LogP contribution >= 0.6 is 0 Å². The quantitative estimate of drug-likeness (QED) is 0.912. The number of ether oxygens (including phenoxy) is 1. The zero-order valence-corrected chi connectivity index (χ0v) is 12.8. The number of hydrogen-bond donors (Lipinski definition) is 2. The Bertz CT molecular complexity index is 700. The topological polar surface area (TPSA) is 84.1 Å². The van der Waals surface area contributed by atoms with Crippen LogP contribution in [-0.4, -0.2) is 21.7 Å². The number of aromatic amines is 1. The van der Waals surface area contributed by atoms with Gasteiger partial charge in [-0.3, -0.25) is 4.79 Å². The molecular weight excluding hydrogens is 282 g/mol. The van der Waals surface area contributed by atoms with Gasteiger partial charge in [-0.2, -0.15) is 0 Å². The molecular formula is C16H19N3O3. The largest absolute Gasteiger partial charge is 0.444 e. The normalized spacial score (nSPS) is 11.0. The average Bonchev–Trinajstić information content (AvgIpc) is 2.44. The molecule has 6 heteroatoms. The fourth-order valence-corrected chi connectivity index (χ4v) is 1.79. The lowest BCUT2D eigenvalue weighted by Gasteiger charge is -2.19. The molecule has 2 rings (SSSR count). The predicted octanol–water partition coefficient (Wildman–Crippen LogP) is 2.46. The first-order chi connectivity index (χ1) is 10.3. The Labute approximate surface area is 128 Å². The molecule has 0 spiro atoms. The van der Waals surface area contributed by atoms with Crippen molar-refractivity contribution in [2.45, 2.75) is 32.9 Å². The van der Waals surface area contributed by atoms with Crippen molar-refractivity contribution in [3.8, 4) is 11.4 Å². The van der Waals surface area contributed by atoms with Crippen LogP contribution in [0.1, 0.15) is 26.3 Å². The highest BCUT2D eigenvalue weighted by Crippen LogP contribution is 2.14. The second-order valence-corrected chi connectivity index (χ2v) is 5.84. The van der Waals surface area contributed by atoms with E-state index in [-0.39, 0.29) is 5.56 Å². The lowest BCUT2D eigenvalue weighted by molar-refractivity contribution is 0.0523. The Kier molecular flexibility index (Phi) is 4.60. The number of carbonyl (C=O) groups is 1. The van der Waals surface area contributed by atoms with Crippen molar-refractivity contribution < 1.29 is 9.53 Å².